The highest BCUT2D eigenvalue weighted by Crippen LogP contribution is 2.23. The van der Waals surface area contributed by atoms with Crippen LogP contribution in [0.5, 0.6) is 0 Å². The third-order valence-electron chi connectivity index (χ3n) is 3.63. The largest absolute Gasteiger partial charge is 0.479 e. The number of carboxylic acids is 1. The zero-order valence-corrected chi connectivity index (χ0v) is 12.1. The third-order valence-corrected chi connectivity index (χ3v) is 3.63. The van der Waals surface area contributed by atoms with Crippen molar-refractivity contribution in [2.45, 2.75) is 44.4 Å². The lowest BCUT2D eigenvalue weighted by Gasteiger charge is -2.42. The number of nitrogens with zero attached hydrogens (tertiary/aromatic N) is 1. The van der Waals surface area contributed by atoms with Crippen molar-refractivity contribution in [1.82, 2.24) is 10.2 Å². The molecule has 2 fully saturated rings. The highest BCUT2D eigenvalue weighted by Gasteiger charge is 2.45. The van der Waals surface area contributed by atoms with Crippen LogP contribution in [0, 0.1) is 0 Å². The summed E-state index contributed by atoms with van der Waals surface area (Å²) in [5.41, 5.74) is -1.74. The molecule has 2 heterocycles. The standard InChI is InChI=1S/C13H22N2O5/c1-9-6-15(7-12(2,3)20-9)11(18)14-13(10(16)17)4-5-19-8-13/h9H,4-8H2,1-3H3,(H,14,18)(H,16,17). The number of hydrogen-bond acceptors (Lipinski definition) is 4. The SMILES string of the molecule is CC1CN(C(=O)NC2(C(=O)O)CCOC2)CC(C)(C)O1. The molecule has 0 radical (unpaired) electrons. The van der Waals surface area contributed by atoms with Gasteiger partial charge in [0, 0.05) is 19.6 Å². The Balaban J connectivity index is 2.05. The first-order chi connectivity index (χ1) is 9.24. The van der Waals surface area contributed by atoms with Crippen molar-refractivity contribution in [3.8, 4) is 0 Å². The molecule has 0 spiro atoms. The molecule has 0 aromatic heterocycles. The summed E-state index contributed by atoms with van der Waals surface area (Å²) < 4.78 is 10.9. The predicted molar refractivity (Wildman–Crippen MR) is 70.5 cm³/mol. The fraction of sp³-hybridized carbons (Fsp3) is 0.846. The number of amides is 2. The summed E-state index contributed by atoms with van der Waals surface area (Å²) in [5, 5.41) is 12.0. The average Bonchev–Trinajstić information content (AvgIpc) is 2.76. The number of rotatable bonds is 2. The van der Waals surface area contributed by atoms with Gasteiger partial charge in [0.1, 0.15) is 0 Å². The van der Waals surface area contributed by atoms with Gasteiger partial charge in [-0.15, -0.1) is 0 Å². The smallest absolute Gasteiger partial charge is 0.332 e. The molecule has 20 heavy (non-hydrogen) atoms. The van der Waals surface area contributed by atoms with Crippen molar-refractivity contribution in [2.75, 3.05) is 26.3 Å². The van der Waals surface area contributed by atoms with Crippen molar-refractivity contribution in [3.63, 3.8) is 0 Å². The normalized spacial score (nSPS) is 33.0. The van der Waals surface area contributed by atoms with Gasteiger partial charge in [0.05, 0.1) is 24.9 Å². The summed E-state index contributed by atoms with van der Waals surface area (Å²) in [6.07, 6.45) is 0.210. The Bertz CT molecular complexity index is 404. The van der Waals surface area contributed by atoms with Crippen LogP contribution < -0.4 is 5.32 Å². The molecule has 0 bridgehead atoms. The minimum atomic E-state index is -1.30. The van der Waals surface area contributed by atoms with Crippen molar-refractivity contribution in [1.29, 1.82) is 0 Å². The van der Waals surface area contributed by atoms with Gasteiger partial charge in [0.25, 0.3) is 0 Å². The number of carbonyl (C=O) groups is 2. The number of carboxylic acid groups (broad SMARTS) is 1. The maximum Gasteiger partial charge on any atom is 0.332 e. The van der Waals surface area contributed by atoms with E-state index in [1.165, 1.54) is 0 Å². The van der Waals surface area contributed by atoms with E-state index in [0.717, 1.165) is 0 Å². The molecule has 7 nitrogen and oxygen atoms in total. The molecule has 2 N–H and O–H groups in total. The third kappa shape index (κ3) is 3.04. The number of urea groups is 1. The van der Waals surface area contributed by atoms with E-state index in [1.54, 1.807) is 4.90 Å². The van der Waals surface area contributed by atoms with Crippen LogP contribution in [0.1, 0.15) is 27.2 Å². The lowest BCUT2D eigenvalue weighted by Crippen LogP contribution is -2.62. The Morgan fingerprint density at radius 1 is 1.40 bits per heavy atom. The van der Waals surface area contributed by atoms with Crippen molar-refractivity contribution < 1.29 is 24.2 Å². The lowest BCUT2D eigenvalue weighted by atomic mass is 9.99. The molecular weight excluding hydrogens is 264 g/mol. The molecule has 7 heteroatoms. The lowest BCUT2D eigenvalue weighted by molar-refractivity contribution is -0.144. The van der Waals surface area contributed by atoms with Gasteiger partial charge in [-0.1, -0.05) is 0 Å². The molecule has 2 rings (SSSR count). The van der Waals surface area contributed by atoms with E-state index in [4.69, 9.17) is 9.47 Å². The van der Waals surface area contributed by atoms with Crippen LogP contribution in [0.25, 0.3) is 0 Å². The first kappa shape index (κ1) is 15.1. The average molecular weight is 286 g/mol. The molecule has 2 aliphatic heterocycles. The summed E-state index contributed by atoms with van der Waals surface area (Å²) >= 11 is 0. The van der Waals surface area contributed by atoms with Crippen LogP contribution in [-0.2, 0) is 14.3 Å². The summed E-state index contributed by atoms with van der Waals surface area (Å²) in [6.45, 7) is 6.95. The molecule has 0 aliphatic carbocycles. The highest BCUT2D eigenvalue weighted by molar-refractivity contribution is 5.86. The van der Waals surface area contributed by atoms with E-state index in [2.05, 4.69) is 5.32 Å². The Morgan fingerprint density at radius 3 is 2.60 bits per heavy atom. The molecule has 2 unspecified atom stereocenters. The van der Waals surface area contributed by atoms with Gasteiger partial charge in [-0.25, -0.2) is 9.59 Å². The summed E-state index contributed by atoms with van der Waals surface area (Å²) in [6, 6.07) is -0.374. The molecule has 2 atom stereocenters. The Kier molecular flexibility index (Phi) is 3.93. The Hall–Kier alpha value is -1.34. The first-order valence-corrected chi connectivity index (χ1v) is 6.80. The molecule has 0 saturated carbocycles. The number of hydrogen-bond donors (Lipinski definition) is 2. The topological polar surface area (TPSA) is 88.1 Å². The van der Waals surface area contributed by atoms with E-state index in [1.807, 2.05) is 20.8 Å². The summed E-state index contributed by atoms with van der Waals surface area (Å²) in [7, 11) is 0. The van der Waals surface area contributed by atoms with Gasteiger partial charge in [-0.2, -0.15) is 0 Å². The van der Waals surface area contributed by atoms with Gasteiger partial charge in [-0.05, 0) is 20.8 Å². The van der Waals surface area contributed by atoms with Crippen LogP contribution in [0.3, 0.4) is 0 Å². The second-order valence-corrected chi connectivity index (χ2v) is 6.19. The van der Waals surface area contributed by atoms with Gasteiger partial charge in [0.2, 0.25) is 0 Å². The van der Waals surface area contributed by atoms with Crippen LogP contribution >= 0.6 is 0 Å². The molecular formula is C13H22N2O5. The minimum Gasteiger partial charge on any atom is -0.479 e. The Labute approximate surface area is 118 Å². The van der Waals surface area contributed by atoms with Crippen molar-refractivity contribution in [3.05, 3.63) is 0 Å². The van der Waals surface area contributed by atoms with E-state index in [0.29, 0.717) is 19.7 Å². The number of carbonyl (C=O) groups excluding carboxylic acids is 1. The molecule has 114 valence electrons. The summed E-state index contributed by atoms with van der Waals surface area (Å²) in [5.74, 6) is -1.05. The van der Waals surface area contributed by atoms with Crippen LogP contribution in [0.15, 0.2) is 0 Å². The van der Waals surface area contributed by atoms with Crippen LogP contribution in [-0.4, -0.2) is 65.6 Å². The summed E-state index contributed by atoms with van der Waals surface area (Å²) in [4.78, 5) is 25.3. The predicted octanol–water partition coefficient (Wildman–Crippen LogP) is 0.439. The number of nitrogens with one attached hydrogen (secondary N) is 1. The van der Waals surface area contributed by atoms with E-state index < -0.39 is 17.1 Å². The van der Waals surface area contributed by atoms with Crippen molar-refractivity contribution >= 4 is 12.0 Å². The van der Waals surface area contributed by atoms with E-state index >= 15 is 0 Å². The second kappa shape index (κ2) is 5.21. The number of aliphatic carboxylic acids is 1. The fourth-order valence-electron chi connectivity index (χ4n) is 2.78. The zero-order chi connectivity index (χ0) is 15.0. The maximum absolute atomic E-state index is 12.3. The highest BCUT2D eigenvalue weighted by atomic mass is 16.5. The molecule has 0 aromatic carbocycles. The maximum atomic E-state index is 12.3. The van der Waals surface area contributed by atoms with E-state index in [9.17, 15) is 14.7 Å². The van der Waals surface area contributed by atoms with Gasteiger partial charge in [0.15, 0.2) is 5.54 Å². The first-order valence-electron chi connectivity index (χ1n) is 6.80. The van der Waals surface area contributed by atoms with Gasteiger partial charge >= 0.3 is 12.0 Å². The molecule has 2 saturated heterocycles. The zero-order valence-electron chi connectivity index (χ0n) is 12.1. The van der Waals surface area contributed by atoms with Crippen LogP contribution in [0.2, 0.25) is 0 Å². The molecule has 2 aliphatic rings. The molecule has 0 aromatic rings. The quantitative estimate of drug-likeness (QED) is 0.769. The monoisotopic (exact) mass is 286 g/mol. The molecule has 2 amide bonds. The Morgan fingerprint density at radius 2 is 2.10 bits per heavy atom. The number of ether oxygens (including phenoxy) is 2. The number of morpholine rings is 1. The van der Waals surface area contributed by atoms with Crippen LogP contribution in [0.4, 0.5) is 4.79 Å². The second-order valence-electron chi connectivity index (χ2n) is 6.19. The fourth-order valence-corrected chi connectivity index (χ4v) is 2.78. The van der Waals surface area contributed by atoms with Gasteiger partial charge < -0.3 is 24.8 Å². The minimum absolute atomic E-state index is 0.0113. The van der Waals surface area contributed by atoms with Crippen molar-refractivity contribution in [2.24, 2.45) is 0 Å². The van der Waals surface area contributed by atoms with E-state index in [-0.39, 0.29) is 25.2 Å². The van der Waals surface area contributed by atoms with Gasteiger partial charge in [-0.3, -0.25) is 0 Å².